The van der Waals surface area contributed by atoms with Crippen molar-refractivity contribution in [2.75, 3.05) is 12.4 Å². The van der Waals surface area contributed by atoms with Crippen LogP contribution in [0.25, 0.3) is 11.0 Å². The van der Waals surface area contributed by atoms with Crippen LogP contribution in [0.3, 0.4) is 0 Å². The number of imidazole rings is 1. The zero-order chi connectivity index (χ0) is 17.8. The highest BCUT2D eigenvalue weighted by Crippen LogP contribution is 2.25. The van der Waals surface area contributed by atoms with Gasteiger partial charge in [-0.3, -0.25) is 4.79 Å². The molecule has 1 aromatic heterocycles. The van der Waals surface area contributed by atoms with Crippen molar-refractivity contribution in [3.05, 3.63) is 53.6 Å². The van der Waals surface area contributed by atoms with Gasteiger partial charge in [0.1, 0.15) is 12.3 Å². The molecule has 130 valence electrons. The molecule has 0 unspecified atom stereocenters. The van der Waals surface area contributed by atoms with Gasteiger partial charge in [-0.1, -0.05) is 41.6 Å². The van der Waals surface area contributed by atoms with E-state index in [2.05, 4.69) is 18.0 Å². The minimum Gasteiger partial charge on any atom is -0.492 e. The Morgan fingerprint density at radius 2 is 2.04 bits per heavy atom. The van der Waals surface area contributed by atoms with Crippen LogP contribution < -0.4 is 4.74 Å². The van der Waals surface area contributed by atoms with Gasteiger partial charge < -0.3 is 14.4 Å². The van der Waals surface area contributed by atoms with Gasteiger partial charge in [-0.2, -0.15) is 0 Å². The normalized spacial score (nSPS) is 11.0. The number of rotatable bonds is 7. The van der Waals surface area contributed by atoms with Gasteiger partial charge in [0.05, 0.1) is 17.6 Å². The van der Waals surface area contributed by atoms with E-state index in [0.29, 0.717) is 17.5 Å². The number of carboxylic acid groups (broad SMARTS) is 1. The summed E-state index contributed by atoms with van der Waals surface area (Å²) in [6.45, 7) is 4.52. The standard InChI is InChI=1S/C19H20N2O3S/c1-13-7-8-17(14(2)11-13)24-9-10-25-19-20-15-5-3-4-6-16(15)21(19)12-18(22)23/h3-8,11H,9-10,12H2,1-2H3,(H,22,23). The van der Waals surface area contributed by atoms with Crippen LogP contribution in [0.1, 0.15) is 11.1 Å². The molecule has 0 aliphatic carbocycles. The van der Waals surface area contributed by atoms with Crippen LogP contribution >= 0.6 is 11.8 Å². The third kappa shape index (κ3) is 4.14. The van der Waals surface area contributed by atoms with Crippen molar-refractivity contribution in [1.82, 2.24) is 9.55 Å². The fraction of sp³-hybridized carbons (Fsp3) is 0.263. The summed E-state index contributed by atoms with van der Waals surface area (Å²) in [5, 5.41) is 9.86. The highest BCUT2D eigenvalue weighted by molar-refractivity contribution is 7.99. The molecule has 3 aromatic rings. The molecule has 0 aliphatic heterocycles. The van der Waals surface area contributed by atoms with E-state index in [1.165, 1.54) is 17.3 Å². The predicted molar refractivity (Wildman–Crippen MR) is 99.5 cm³/mol. The Kier molecular flexibility index (Phi) is 5.28. The molecule has 2 aromatic carbocycles. The number of nitrogens with zero attached hydrogens (tertiary/aromatic N) is 2. The summed E-state index contributed by atoms with van der Waals surface area (Å²) in [5.74, 6) is 0.692. The lowest BCUT2D eigenvalue weighted by Crippen LogP contribution is -2.10. The van der Waals surface area contributed by atoms with Gasteiger partial charge >= 0.3 is 5.97 Å². The first-order chi connectivity index (χ1) is 12.0. The van der Waals surface area contributed by atoms with E-state index in [1.807, 2.05) is 43.3 Å². The fourth-order valence-electron chi connectivity index (χ4n) is 2.70. The number of thioether (sulfide) groups is 1. The van der Waals surface area contributed by atoms with E-state index in [1.54, 1.807) is 4.57 Å². The van der Waals surface area contributed by atoms with Gasteiger partial charge in [0.2, 0.25) is 0 Å². The molecule has 0 bridgehead atoms. The SMILES string of the molecule is Cc1ccc(OCCSc2nc3ccccc3n2CC(=O)O)c(C)c1. The van der Waals surface area contributed by atoms with Crippen LogP contribution in [-0.4, -0.2) is 33.0 Å². The Morgan fingerprint density at radius 3 is 2.80 bits per heavy atom. The molecule has 1 N–H and O–H groups in total. The highest BCUT2D eigenvalue weighted by atomic mass is 32.2. The first-order valence-electron chi connectivity index (χ1n) is 8.04. The van der Waals surface area contributed by atoms with Gasteiger partial charge in [-0.15, -0.1) is 0 Å². The van der Waals surface area contributed by atoms with Gasteiger partial charge in [-0.25, -0.2) is 4.98 Å². The molecule has 5 nitrogen and oxygen atoms in total. The van der Waals surface area contributed by atoms with E-state index in [0.717, 1.165) is 22.3 Å². The van der Waals surface area contributed by atoms with Crippen LogP contribution in [-0.2, 0) is 11.3 Å². The summed E-state index contributed by atoms with van der Waals surface area (Å²) >= 11 is 1.51. The second-order valence-electron chi connectivity index (χ2n) is 5.83. The van der Waals surface area contributed by atoms with E-state index in [-0.39, 0.29) is 6.54 Å². The third-order valence-electron chi connectivity index (χ3n) is 3.82. The van der Waals surface area contributed by atoms with Gasteiger partial charge in [0.15, 0.2) is 5.16 Å². The number of fused-ring (bicyclic) bond motifs is 1. The van der Waals surface area contributed by atoms with Gasteiger partial charge in [-0.05, 0) is 37.6 Å². The van der Waals surface area contributed by atoms with Crippen molar-refractivity contribution in [3.63, 3.8) is 0 Å². The number of carboxylic acids is 1. The fourth-order valence-corrected chi connectivity index (χ4v) is 3.53. The van der Waals surface area contributed by atoms with E-state index >= 15 is 0 Å². The molecule has 0 saturated heterocycles. The topological polar surface area (TPSA) is 64.4 Å². The summed E-state index contributed by atoms with van der Waals surface area (Å²) in [4.78, 5) is 15.7. The lowest BCUT2D eigenvalue weighted by atomic mass is 10.1. The molecular weight excluding hydrogens is 336 g/mol. The number of benzene rings is 2. The summed E-state index contributed by atoms with van der Waals surface area (Å²) in [6, 6.07) is 13.7. The predicted octanol–water partition coefficient (Wildman–Crippen LogP) is 3.91. The van der Waals surface area contributed by atoms with E-state index in [9.17, 15) is 4.79 Å². The highest BCUT2D eigenvalue weighted by Gasteiger charge is 2.13. The summed E-state index contributed by atoms with van der Waals surface area (Å²) in [6.07, 6.45) is 0. The molecule has 0 amide bonds. The maximum absolute atomic E-state index is 11.2. The maximum Gasteiger partial charge on any atom is 0.323 e. The zero-order valence-corrected chi connectivity index (χ0v) is 15.0. The number of para-hydroxylation sites is 2. The van der Waals surface area contributed by atoms with Gasteiger partial charge in [0, 0.05) is 5.75 Å². The minimum atomic E-state index is -0.878. The number of aliphatic carboxylic acids is 1. The molecule has 1 heterocycles. The lowest BCUT2D eigenvalue weighted by molar-refractivity contribution is -0.137. The second-order valence-corrected chi connectivity index (χ2v) is 6.89. The Balaban J connectivity index is 1.67. The third-order valence-corrected chi connectivity index (χ3v) is 4.76. The second kappa shape index (κ2) is 7.61. The quantitative estimate of drug-likeness (QED) is 0.514. The Morgan fingerprint density at radius 1 is 1.24 bits per heavy atom. The molecule has 6 heteroatoms. The van der Waals surface area contributed by atoms with Crippen molar-refractivity contribution in [2.24, 2.45) is 0 Å². The first-order valence-corrected chi connectivity index (χ1v) is 9.03. The molecule has 0 fully saturated rings. The average Bonchev–Trinajstić information content (AvgIpc) is 2.90. The Bertz CT molecular complexity index is 905. The lowest BCUT2D eigenvalue weighted by Gasteiger charge is -2.10. The number of carbonyl (C=O) groups is 1. The number of aromatic nitrogens is 2. The smallest absolute Gasteiger partial charge is 0.323 e. The van der Waals surface area contributed by atoms with Crippen LogP contribution in [0.5, 0.6) is 5.75 Å². The van der Waals surface area contributed by atoms with Crippen LogP contribution in [0.15, 0.2) is 47.6 Å². The molecule has 0 saturated carbocycles. The van der Waals surface area contributed by atoms with Crippen molar-refractivity contribution in [3.8, 4) is 5.75 Å². The van der Waals surface area contributed by atoms with Crippen molar-refractivity contribution < 1.29 is 14.6 Å². The minimum absolute atomic E-state index is 0.0965. The van der Waals surface area contributed by atoms with E-state index in [4.69, 9.17) is 9.84 Å². The maximum atomic E-state index is 11.2. The summed E-state index contributed by atoms with van der Waals surface area (Å²) in [7, 11) is 0. The monoisotopic (exact) mass is 356 g/mol. The summed E-state index contributed by atoms with van der Waals surface area (Å²) < 4.78 is 7.57. The molecule has 25 heavy (non-hydrogen) atoms. The molecule has 0 spiro atoms. The Labute approximate surface area is 150 Å². The number of hydrogen-bond donors (Lipinski definition) is 1. The summed E-state index contributed by atoms with van der Waals surface area (Å²) in [5.41, 5.74) is 3.97. The first kappa shape index (κ1) is 17.4. The number of aryl methyl sites for hydroxylation is 2. The van der Waals surface area contributed by atoms with Crippen molar-refractivity contribution >= 4 is 28.8 Å². The number of hydrogen-bond acceptors (Lipinski definition) is 4. The largest absolute Gasteiger partial charge is 0.492 e. The molecule has 0 atom stereocenters. The van der Waals surface area contributed by atoms with Crippen LogP contribution in [0, 0.1) is 13.8 Å². The van der Waals surface area contributed by atoms with E-state index < -0.39 is 5.97 Å². The Hall–Kier alpha value is -2.47. The van der Waals surface area contributed by atoms with Crippen molar-refractivity contribution in [2.45, 2.75) is 25.5 Å². The number of ether oxygens (including phenoxy) is 1. The van der Waals surface area contributed by atoms with Crippen LogP contribution in [0.4, 0.5) is 0 Å². The molecular formula is C19H20N2O3S. The molecule has 0 radical (unpaired) electrons. The average molecular weight is 356 g/mol. The van der Waals surface area contributed by atoms with Crippen LogP contribution in [0.2, 0.25) is 0 Å². The van der Waals surface area contributed by atoms with Gasteiger partial charge in [0.25, 0.3) is 0 Å². The molecule has 3 rings (SSSR count). The van der Waals surface area contributed by atoms with Crippen molar-refractivity contribution in [1.29, 1.82) is 0 Å². The zero-order valence-electron chi connectivity index (χ0n) is 14.2. The molecule has 0 aliphatic rings.